The number of carbonyl (C=O) groups is 12. The van der Waals surface area contributed by atoms with Crippen LogP contribution in [0.25, 0.3) is 0 Å². The molecular formula is C70H91F9O24. The second kappa shape index (κ2) is 28.1. The van der Waals surface area contributed by atoms with Crippen LogP contribution >= 0.6 is 0 Å². The molecule has 0 amide bonds. The van der Waals surface area contributed by atoms with Crippen LogP contribution in [0.15, 0.2) is 0 Å². The van der Waals surface area contributed by atoms with Crippen LogP contribution in [0.2, 0.25) is 0 Å². The van der Waals surface area contributed by atoms with Crippen LogP contribution in [0, 0.1) is 104 Å². The molecule has 4 saturated heterocycles. The highest BCUT2D eigenvalue weighted by molar-refractivity contribution is 6.04. The molecule has 33 heteroatoms. The van der Waals surface area contributed by atoms with Crippen molar-refractivity contribution >= 4 is 71.6 Å². The molecule has 4 heterocycles. The summed E-state index contributed by atoms with van der Waals surface area (Å²) in [7, 11) is 0. The number of rotatable bonds is 20. The Labute approximate surface area is 588 Å². The zero-order valence-electron chi connectivity index (χ0n) is 59.9. The van der Waals surface area contributed by atoms with E-state index in [4.69, 9.17) is 42.6 Å². The second-order valence-corrected chi connectivity index (χ2v) is 31.9. The van der Waals surface area contributed by atoms with Crippen molar-refractivity contribution in [3.63, 3.8) is 0 Å². The van der Waals surface area contributed by atoms with Gasteiger partial charge in [-0.1, -0.05) is 27.7 Å². The highest BCUT2D eigenvalue weighted by Gasteiger charge is 2.78. The van der Waals surface area contributed by atoms with Crippen molar-refractivity contribution < 1.29 is 154 Å². The summed E-state index contributed by atoms with van der Waals surface area (Å²) < 4.78 is 176. The third-order valence-electron chi connectivity index (χ3n) is 24.4. The first kappa shape index (κ1) is 80.1. The van der Waals surface area contributed by atoms with Gasteiger partial charge < -0.3 is 56.8 Å². The first-order chi connectivity index (χ1) is 47.5. The Hall–Kier alpha value is -6.99. The van der Waals surface area contributed by atoms with Crippen molar-refractivity contribution in [1.29, 1.82) is 0 Å². The minimum absolute atomic E-state index is 0.0197. The van der Waals surface area contributed by atoms with Gasteiger partial charge in [0.05, 0.1) is 51.9 Å². The molecular weight excluding hydrogens is 1400 g/mol. The van der Waals surface area contributed by atoms with Gasteiger partial charge in [0.25, 0.3) is 0 Å². The van der Waals surface area contributed by atoms with Crippen LogP contribution in [0.1, 0.15) is 168 Å². The Morgan fingerprint density at radius 3 is 1.12 bits per heavy atom. The first-order valence-corrected chi connectivity index (χ1v) is 35.1. The van der Waals surface area contributed by atoms with E-state index in [0.29, 0.717) is 51.4 Å². The Morgan fingerprint density at radius 2 is 0.777 bits per heavy atom. The van der Waals surface area contributed by atoms with Gasteiger partial charge in [-0.25, -0.2) is 0 Å². The molecule has 24 nitrogen and oxygen atoms in total. The lowest BCUT2D eigenvalue weighted by molar-refractivity contribution is -0.222. The van der Waals surface area contributed by atoms with Crippen LogP contribution in [-0.4, -0.2) is 164 Å². The Kier molecular flexibility index (Phi) is 21.8. The van der Waals surface area contributed by atoms with Gasteiger partial charge in [-0.15, -0.1) is 0 Å². The number of halogens is 9. The maximum absolute atomic E-state index is 12.7. The fourth-order valence-corrected chi connectivity index (χ4v) is 16.7. The van der Waals surface area contributed by atoms with E-state index in [-0.39, 0.29) is 66.9 Å². The number of esters is 12. The summed E-state index contributed by atoms with van der Waals surface area (Å²) in [6.07, 6.45) is -20.0. The van der Waals surface area contributed by atoms with Gasteiger partial charge in [0.1, 0.15) is 48.8 Å². The molecule has 8 saturated carbocycles. The van der Waals surface area contributed by atoms with Crippen molar-refractivity contribution in [2.45, 2.75) is 248 Å². The lowest BCUT2D eigenvalue weighted by Gasteiger charge is -2.33. The molecule has 0 aromatic heterocycles. The molecule has 8 bridgehead atoms. The molecule has 0 N–H and O–H groups in total. The standard InChI is InChI=1S/2C18H23F3O6.C17H21F3O6.C17H24O6/c1-5-16(3,4)13(22)26-11-9-6-10-12(11)27-15(24)17(10,7-9)14(23)25-8(2)18(19,20)21;1-5-17(3,4)16(24)27-13-9-6-8-11(15(23)26-12(8)13)10(9)14(22)25-7(2)18(19,20)21;1-4-15(2,3)12(21)25-10-8-5-9-11(10)26-14(23)16(9,6-8)13(22)24-7-17(18,19)20;1-5-17(3,4)16(20)23-13-8-7-9-11(15(19)22-12(9)13)10(8)14(18)21-6-2/h8-12H,5-7H2,1-4H3;7-13H,5-6H2,1-4H3;8-11H,4-7H2,1-3H3;8-13H,5-7H2,1-4H3. The van der Waals surface area contributed by atoms with E-state index >= 15 is 0 Å². The van der Waals surface area contributed by atoms with Crippen molar-refractivity contribution in [2.24, 2.45) is 104 Å². The second-order valence-electron chi connectivity index (χ2n) is 31.9. The number of hydrogen-bond acceptors (Lipinski definition) is 24. The summed E-state index contributed by atoms with van der Waals surface area (Å²) in [5.41, 5.74) is -6.19. The summed E-state index contributed by atoms with van der Waals surface area (Å²) in [5, 5.41) is 0. The number of alkyl halides is 9. The minimum atomic E-state index is -4.71. The van der Waals surface area contributed by atoms with Gasteiger partial charge in [0, 0.05) is 47.3 Å². The van der Waals surface area contributed by atoms with Crippen molar-refractivity contribution in [3.05, 3.63) is 0 Å². The highest BCUT2D eigenvalue weighted by atomic mass is 19.4. The van der Waals surface area contributed by atoms with Crippen molar-refractivity contribution in [1.82, 2.24) is 0 Å². The van der Waals surface area contributed by atoms with Crippen LogP contribution < -0.4 is 0 Å². The lowest BCUT2D eigenvalue weighted by Crippen LogP contribution is -2.48. The smallest absolute Gasteiger partial charge is 0.425 e. The predicted octanol–water partition coefficient (Wildman–Crippen LogP) is 9.51. The molecule has 4 aliphatic heterocycles. The molecule has 0 aromatic carbocycles. The van der Waals surface area contributed by atoms with Gasteiger partial charge in [-0.05, 0) is 140 Å². The Bertz CT molecular complexity index is 3380. The van der Waals surface area contributed by atoms with Crippen LogP contribution in [0.3, 0.4) is 0 Å². The molecule has 12 fully saturated rings. The van der Waals surface area contributed by atoms with Crippen LogP contribution in [0.4, 0.5) is 39.5 Å². The maximum atomic E-state index is 12.7. The fraction of sp³-hybridized carbons (Fsp3) is 0.829. The minimum Gasteiger partial charge on any atom is -0.466 e. The number of fused-ring (bicyclic) bond motifs is 4. The molecule has 24 unspecified atom stereocenters. The normalized spacial score (nSPS) is 36.1. The fourth-order valence-electron chi connectivity index (χ4n) is 16.7. The Morgan fingerprint density at radius 1 is 0.437 bits per heavy atom. The van der Waals surface area contributed by atoms with Crippen molar-refractivity contribution in [3.8, 4) is 0 Å². The summed E-state index contributed by atoms with van der Waals surface area (Å²) in [5.74, 6) is -14.2. The van der Waals surface area contributed by atoms with Crippen LogP contribution in [0.5, 0.6) is 0 Å². The van der Waals surface area contributed by atoms with Crippen LogP contribution in [-0.2, 0) is 114 Å². The topological polar surface area (TPSA) is 316 Å². The van der Waals surface area contributed by atoms with E-state index in [1.807, 2.05) is 41.5 Å². The summed E-state index contributed by atoms with van der Waals surface area (Å²) in [4.78, 5) is 148. The average molecular weight is 1490 g/mol. The summed E-state index contributed by atoms with van der Waals surface area (Å²) in [6, 6.07) is 0. The quantitative estimate of drug-likeness (QED) is 0.0474. The monoisotopic (exact) mass is 1490 g/mol. The van der Waals surface area contributed by atoms with E-state index < -0.39 is 214 Å². The molecule has 103 heavy (non-hydrogen) atoms. The highest BCUT2D eigenvalue weighted by Crippen LogP contribution is 2.66. The van der Waals surface area contributed by atoms with Gasteiger partial charge in [0.2, 0.25) is 0 Å². The number of carbonyl (C=O) groups excluding carboxylic acids is 12. The van der Waals surface area contributed by atoms with E-state index in [2.05, 4.69) is 14.2 Å². The number of ether oxygens (including phenoxy) is 12. The average Bonchev–Trinajstić information content (AvgIpc) is 1.55. The zero-order chi connectivity index (χ0) is 77.1. The molecule has 0 radical (unpaired) electrons. The van der Waals surface area contributed by atoms with Crippen molar-refractivity contribution in [2.75, 3.05) is 13.2 Å². The van der Waals surface area contributed by atoms with Gasteiger partial charge in [0.15, 0.2) is 29.6 Å². The maximum Gasteiger partial charge on any atom is 0.425 e. The molecule has 24 atom stereocenters. The molecule has 12 aliphatic rings. The number of hydrogen-bond donors (Lipinski definition) is 0. The third-order valence-corrected chi connectivity index (χ3v) is 24.4. The SMILES string of the molecule is CCC(C)(C)C(=O)OC1C2CC3C1OC(=O)C3(C(=O)OC(C)C(F)(F)F)C2.CCC(C)(C)C(=O)OC1C2CC3C1OC(=O)C3(C(=O)OCC(F)(F)F)C2.CCC(C)(C)C(=O)OC1C2CC3C1OC(=O)C3C2C(=O)OC(C)C(F)(F)F.CCOC(=O)C1C2CC3C(OC(=O)C31)C2OC(=O)C(C)(C)CC. The zero-order valence-corrected chi connectivity index (χ0v) is 59.9. The van der Waals surface area contributed by atoms with E-state index in [1.165, 1.54) is 0 Å². The van der Waals surface area contributed by atoms with E-state index in [1.54, 1.807) is 48.5 Å². The van der Waals surface area contributed by atoms with Gasteiger partial charge in [-0.3, -0.25) is 57.5 Å². The summed E-state index contributed by atoms with van der Waals surface area (Å²) in [6.45, 7) is 23.2. The molecule has 0 aromatic rings. The summed E-state index contributed by atoms with van der Waals surface area (Å²) >= 11 is 0. The predicted molar refractivity (Wildman–Crippen MR) is 327 cm³/mol. The van der Waals surface area contributed by atoms with E-state index in [0.717, 1.165) is 13.8 Å². The van der Waals surface area contributed by atoms with Gasteiger partial charge >= 0.3 is 90.2 Å². The Balaban J connectivity index is 0.000000160. The van der Waals surface area contributed by atoms with Gasteiger partial charge in [-0.2, -0.15) is 39.5 Å². The molecule has 578 valence electrons. The first-order valence-electron chi connectivity index (χ1n) is 35.1. The molecule has 0 spiro atoms. The molecule has 12 rings (SSSR count). The van der Waals surface area contributed by atoms with E-state index in [9.17, 15) is 97.0 Å². The molecule has 8 aliphatic carbocycles. The largest absolute Gasteiger partial charge is 0.466 e. The third kappa shape index (κ3) is 14.3. The lowest BCUT2D eigenvalue weighted by atomic mass is 9.73.